The Hall–Kier alpha value is -1.62. The van der Waals surface area contributed by atoms with Crippen LogP contribution in [0, 0.1) is 0 Å². The van der Waals surface area contributed by atoms with E-state index in [1.54, 1.807) is 18.3 Å². The smallest absolute Gasteiger partial charge is 0.256 e. The Bertz CT molecular complexity index is 496. The largest absolute Gasteiger partial charge is 0.477 e. The standard InChI is InChI=1S/C17H27N3O2/c1-4-22-16-14(9-8-10-18-16)15(21)19-13-17(2,3)20-11-6-5-7-12-20/h8-10H,4-7,11-13H2,1-3H3,(H,19,21). The van der Waals surface area contributed by atoms with E-state index in [4.69, 9.17) is 4.74 Å². The summed E-state index contributed by atoms with van der Waals surface area (Å²) >= 11 is 0. The summed E-state index contributed by atoms with van der Waals surface area (Å²) in [5, 5.41) is 3.03. The Morgan fingerprint density at radius 3 is 2.77 bits per heavy atom. The molecule has 1 saturated heterocycles. The molecule has 0 aliphatic carbocycles. The molecule has 1 fully saturated rings. The fraction of sp³-hybridized carbons (Fsp3) is 0.647. The third-order valence-corrected chi connectivity index (χ3v) is 4.19. The van der Waals surface area contributed by atoms with Gasteiger partial charge in [0.1, 0.15) is 5.56 Å². The van der Waals surface area contributed by atoms with Gasteiger partial charge in [0.15, 0.2) is 0 Å². The molecule has 0 spiro atoms. The van der Waals surface area contributed by atoms with Crippen molar-refractivity contribution in [2.45, 2.75) is 45.6 Å². The highest BCUT2D eigenvalue weighted by molar-refractivity contribution is 5.96. The molecule has 1 aromatic heterocycles. The molecule has 1 aliphatic rings. The van der Waals surface area contributed by atoms with E-state index in [0.717, 1.165) is 13.1 Å². The van der Waals surface area contributed by atoms with Crippen LogP contribution in [0.15, 0.2) is 18.3 Å². The van der Waals surface area contributed by atoms with Crippen molar-refractivity contribution in [3.63, 3.8) is 0 Å². The molecule has 1 N–H and O–H groups in total. The van der Waals surface area contributed by atoms with E-state index in [1.807, 2.05) is 6.92 Å². The Kier molecular flexibility index (Phi) is 5.77. The van der Waals surface area contributed by atoms with Gasteiger partial charge in [0.05, 0.1) is 6.61 Å². The minimum absolute atomic E-state index is 0.0376. The molecular formula is C17H27N3O2. The quantitative estimate of drug-likeness (QED) is 0.877. The molecule has 5 heteroatoms. The topological polar surface area (TPSA) is 54.5 Å². The zero-order valence-corrected chi connectivity index (χ0v) is 13.9. The fourth-order valence-corrected chi connectivity index (χ4v) is 2.82. The van der Waals surface area contributed by atoms with E-state index in [-0.39, 0.29) is 11.4 Å². The summed E-state index contributed by atoms with van der Waals surface area (Å²) in [6.07, 6.45) is 5.44. The molecule has 0 radical (unpaired) electrons. The summed E-state index contributed by atoms with van der Waals surface area (Å²) in [6, 6.07) is 3.51. The molecule has 0 aromatic carbocycles. The SMILES string of the molecule is CCOc1ncccc1C(=O)NCC(C)(C)N1CCCCC1. The molecule has 1 aromatic rings. The lowest BCUT2D eigenvalue weighted by Crippen LogP contribution is -2.53. The monoisotopic (exact) mass is 305 g/mol. The van der Waals surface area contributed by atoms with Gasteiger partial charge in [0, 0.05) is 18.3 Å². The molecule has 1 aliphatic heterocycles. The molecule has 5 nitrogen and oxygen atoms in total. The molecule has 2 heterocycles. The highest BCUT2D eigenvalue weighted by Gasteiger charge is 2.28. The van der Waals surface area contributed by atoms with Gasteiger partial charge in [-0.05, 0) is 58.8 Å². The molecule has 0 saturated carbocycles. The van der Waals surface area contributed by atoms with Crippen molar-refractivity contribution in [1.29, 1.82) is 0 Å². The van der Waals surface area contributed by atoms with Crippen LogP contribution in [0.5, 0.6) is 5.88 Å². The van der Waals surface area contributed by atoms with Crippen LogP contribution < -0.4 is 10.1 Å². The highest BCUT2D eigenvalue weighted by Crippen LogP contribution is 2.20. The predicted octanol–water partition coefficient (Wildman–Crippen LogP) is 2.47. The minimum Gasteiger partial charge on any atom is -0.477 e. The molecule has 0 bridgehead atoms. The predicted molar refractivity (Wildman–Crippen MR) is 87.2 cm³/mol. The van der Waals surface area contributed by atoms with Gasteiger partial charge < -0.3 is 10.1 Å². The van der Waals surface area contributed by atoms with Gasteiger partial charge in [0.25, 0.3) is 5.91 Å². The van der Waals surface area contributed by atoms with E-state index >= 15 is 0 Å². The van der Waals surface area contributed by atoms with Crippen LogP contribution in [0.3, 0.4) is 0 Å². The van der Waals surface area contributed by atoms with Crippen LogP contribution >= 0.6 is 0 Å². The maximum atomic E-state index is 12.4. The Morgan fingerprint density at radius 1 is 1.36 bits per heavy atom. The van der Waals surface area contributed by atoms with Crippen LogP contribution in [-0.2, 0) is 0 Å². The van der Waals surface area contributed by atoms with E-state index in [9.17, 15) is 4.79 Å². The number of hydrogen-bond donors (Lipinski definition) is 1. The van der Waals surface area contributed by atoms with Crippen molar-refractivity contribution in [3.8, 4) is 5.88 Å². The van der Waals surface area contributed by atoms with Gasteiger partial charge in [-0.15, -0.1) is 0 Å². The average molecular weight is 305 g/mol. The van der Waals surface area contributed by atoms with Crippen molar-refractivity contribution >= 4 is 5.91 Å². The first-order valence-electron chi connectivity index (χ1n) is 8.15. The van der Waals surface area contributed by atoms with E-state index in [0.29, 0.717) is 24.6 Å². The van der Waals surface area contributed by atoms with Crippen LogP contribution in [-0.4, -0.2) is 47.6 Å². The minimum atomic E-state index is -0.123. The number of aromatic nitrogens is 1. The normalized spacial score (nSPS) is 16.3. The van der Waals surface area contributed by atoms with Gasteiger partial charge in [-0.2, -0.15) is 0 Å². The van der Waals surface area contributed by atoms with Crippen LogP contribution in [0.2, 0.25) is 0 Å². The second kappa shape index (κ2) is 7.58. The highest BCUT2D eigenvalue weighted by atomic mass is 16.5. The first-order chi connectivity index (χ1) is 10.5. The van der Waals surface area contributed by atoms with Crippen molar-refractivity contribution in [2.75, 3.05) is 26.2 Å². The van der Waals surface area contributed by atoms with Gasteiger partial charge in [-0.1, -0.05) is 6.42 Å². The number of carbonyl (C=O) groups excluding carboxylic acids is 1. The molecule has 0 atom stereocenters. The lowest BCUT2D eigenvalue weighted by Gasteiger charge is -2.41. The number of pyridine rings is 1. The summed E-state index contributed by atoms with van der Waals surface area (Å²) in [5.41, 5.74) is 0.461. The summed E-state index contributed by atoms with van der Waals surface area (Å²) in [7, 11) is 0. The Balaban J connectivity index is 1.97. The average Bonchev–Trinajstić information content (AvgIpc) is 2.54. The van der Waals surface area contributed by atoms with Gasteiger partial charge in [-0.3, -0.25) is 9.69 Å². The second-order valence-electron chi connectivity index (χ2n) is 6.33. The van der Waals surface area contributed by atoms with Gasteiger partial charge >= 0.3 is 0 Å². The van der Waals surface area contributed by atoms with Crippen LogP contribution in [0.4, 0.5) is 0 Å². The van der Waals surface area contributed by atoms with E-state index in [1.165, 1.54) is 19.3 Å². The number of hydrogen-bond acceptors (Lipinski definition) is 4. The lowest BCUT2D eigenvalue weighted by atomic mass is 9.98. The second-order valence-corrected chi connectivity index (χ2v) is 6.33. The van der Waals surface area contributed by atoms with Gasteiger partial charge in [0.2, 0.25) is 5.88 Å². The first kappa shape index (κ1) is 16.7. The number of piperidine rings is 1. The number of rotatable bonds is 6. The van der Waals surface area contributed by atoms with Crippen LogP contribution in [0.25, 0.3) is 0 Å². The van der Waals surface area contributed by atoms with Crippen molar-refractivity contribution in [1.82, 2.24) is 15.2 Å². The Morgan fingerprint density at radius 2 is 2.09 bits per heavy atom. The van der Waals surface area contributed by atoms with Gasteiger partial charge in [-0.25, -0.2) is 4.98 Å². The lowest BCUT2D eigenvalue weighted by molar-refractivity contribution is 0.0794. The molecule has 2 rings (SSSR count). The zero-order chi connectivity index (χ0) is 16.0. The van der Waals surface area contributed by atoms with E-state index in [2.05, 4.69) is 29.0 Å². The maximum absolute atomic E-state index is 12.4. The molecule has 0 unspecified atom stereocenters. The zero-order valence-electron chi connectivity index (χ0n) is 13.9. The fourth-order valence-electron chi connectivity index (χ4n) is 2.82. The van der Waals surface area contributed by atoms with Crippen molar-refractivity contribution < 1.29 is 9.53 Å². The number of amides is 1. The summed E-state index contributed by atoms with van der Waals surface area (Å²) in [4.78, 5) is 19.0. The third kappa shape index (κ3) is 4.19. The summed E-state index contributed by atoms with van der Waals surface area (Å²) in [6.45, 7) is 9.59. The summed E-state index contributed by atoms with van der Waals surface area (Å²) in [5.74, 6) is 0.278. The van der Waals surface area contributed by atoms with Crippen molar-refractivity contribution in [3.05, 3.63) is 23.9 Å². The number of carbonyl (C=O) groups is 1. The molecule has 122 valence electrons. The Labute approximate surface area is 133 Å². The number of nitrogens with one attached hydrogen (secondary N) is 1. The van der Waals surface area contributed by atoms with Crippen molar-refractivity contribution in [2.24, 2.45) is 0 Å². The number of nitrogens with zero attached hydrogens (tertiary/aromatic N) is 2. The molecule has 1 amide bonds. The number of ether oxygens (including phenoxy) is 1. The molecule has 22 heavy (non-hydrogen) atoms. The maximum Gasteiger partial charge on any atom is 0.256 e. The first-order valence-corrected chi connectivity index (χ1v) is 8.15. The van der Waals surface area contributed by atoms with E-state index < -0.39 is 0 Å². The third-order valence-electron chi connectivity index (χ3n) is 4.19. The van der Waals surface area contributed by atoms with Crippen LogP contribution in [0.1, 0.15) is 50.4 Å². The summed E-state index contributed by atoms with van der Waals surface area (Å²) < 4.78 is 5.42. The number of likely N-dealkylation sites (tertiary alicyclic amines) is 1. The molecular weight excluding hydrogens is 278 g/mol.